The Morgan fingerprint density at radius 2 is 1.25 bits per heavy atom. The van der Waals surface area contributed by atoms with Crippen molar-refractivity contribution in [2.24, 2.45) is 0 Å². The van der Waals surface area contributed by atoms with Crippen molar-refractivity contribution in [3.05, 3.63) is 121 Å². The summed E-state index contributed by atoms with van der Waals surface area (Å²) in [6.45, 7) is 6.79. The number of hydrogen-bond donors (Lipinski definition) is 0. The minimum absolute atomic E-state index is 0.197. The molecule has 0 aromatic heterocycles. The standard InChI is InChI=1S/C30H26BrN/c1-3-27-28-16-10-11-17-29(28)32(21(2)30(27)31)26-19-24(22-12-6-4-7-13-22)18-25(20-26)23-14-8-5-9-15-23/h4-20,27,30H,2-3H2,1H3/t27?,30-/m0/s1. The van der Waals surface area contributed by atoms with Gasteiger partial charge < -0.3 is 4.90 Å². The van der Waals surface area contributed by atoms with Gasteiger partial charge >= 0.3 is 0 Å². The first-order chi connectivity index (χ1) is 15.7. The van der Waals surface area contributed by atoms with E-state index < -0.39 is 0 Å². The van der Waals surface area contributed by atoms with Crippen molar-refractivity contribution in [3.63, 3.8) is 0 Å². The van der Waals surface area contributed by atoms with E-state index in [9.17, 15) is 0 Å². The molecular formula is C30H26BrN. The molecule has 0 radical (unpaired) electrons. The second-order valence-corrected chi connectivity index (χ2v) is 9.29. The van der Waals surface area contributed by atoms with E-state index in [0.29, 0.717) is 5.92 Å². The van der Waals surface area contributed by atoms with Crippen LogP contribution in [-0.2, 0) is 0 Å². The maximum Gasteiger partial charge on any atom is 0.0615 e. The van der Waals surface area contributed by atoms with Gasteiger partial charge in [-0.2, -0.15) is 0 Å². The number of rotatable bonds is 4. The fourth-order valence-corrected chi connectivity index (χ4v) is 5.60. The van der Waals surface area contributed by atoms with Crippen molar-refractivity contribution >= 4 is 27.3 Å². The predicted octanol–water partition coefficient (Wildman–Crippen LogP) is 8.94. The van der Waals surface area contributed by atoms with Crippen molar-refractivity contribution < 1.29 is 0 Å². The Bertz CT molecular complexity index is 1190. The zero-order valence-electron chi connectivity index (χ0n) is 18.2. The molecule has 158 valence electrons. The molecule has 2 heteroatoms. The first-order valence-electron chi connectivity index (χ1n) is 11.1. The molecule has 4 aromatic rings. The number of alkyl halides is 1. The van der Waals surface area contributed by atoms with Gasteiger partial charge in [0.25, 0.3) is 0 Å². The van der Waals surface area contributed by atoms with Crippen LogP contribution in [0.1, 0.15) is 24.8 Å². The van der Waals surface area contributed by atoms with Gasteiger partial charge in [0.05, 0.1) is 4.83 Å². The third-order valence-electron chi connectivity index (χ3n) is 6.37. The number of nitrogens with zero attached hydrogens (tertiary/aromatic N) is 1. The number of halogens is 1. The Morgan fingerprint density at radius 3 is 1.81 bits per heavy atom. The molecule has 1 nitrogen and oxygen atoms in total. The summed E-state index contributed by atoms with van der Waals surface area (Å²) in [5, 5.41) is 0. The SMILES string of the molecule is C=C1[C@H](Br)C(CC)c2ccccc2N1c1cc(-c2ccccc2)cc(-c2ccccc2)c1. The highest BCUT2D eigenvalue weighted by atomic mass is 79.9. The molecule has 1 heterocycles. The predicted molar refractivity (Wildman–Crippen MR) is 141 cm³/mol. The lowest BCUT2D eigenvalue weighted by Gasteiger charge is -2.41. The largest absolute Gasteiger partial charge is 0.313 e. The fourth-order valence-electron chi connectivity index (χ4n) is 4.74. The van der Waals surface area contributed by atoms with Crippen LogP contribution in [0.4, 0.5) is 11.4 Å². The van der Waals surface area contributed by atoms with Crippen molar-refractivity contribution in [1.82, 2.24) is 0 Å². The van der Waals surface area contributed by atoms with Crippen LogP contribution in [-0.4, -0.2) is 4.83 Å². The molecule has 0 amide bonds. The van der Waals surface area contributed by atoms with E-state index in [0.717, 1.165) is 17.8 Å². The summed E-state index contributed by atoms with van der Waals surface area (Å²) in [6, 6.07) is 36.8. The van der Waals surface area contributed by atoms with Crippen molar-refractivity contribution in [3.8, 4) is 22.3 Å². The Balaban J connectivity index is 1.73. The van der Waals surface area contributed by atoms with E-state index in [2.05, 4.69) is 137 Å². The van der Waals surface area contributed by atoms with E-state index in [1.807, 2.05) is 0 Å². The van der Waals surface area contributed by atoms with Crippen LogP contribution < -0.4 is 4.90 Å². The van der Waals surface area contributed by atoms with Crippen LogP contribution in [0.3, 0.4) is 0 Å². The lowest BCUT2D eigenvalue weighted by molar-refractivity contribution is 0.651. The van der Waals surface area contributed by atoms with Crippen molar-refractivity contribution in [1.29, 1.82) is 0 Å². The highest BCUT2D eigenvalue weighted by Crippen LogP contribution is 2.48. The molecule has 1 aliphatic heterocycles. The summed E-state index contributed by atoms with van der Waals surface area (Å²) in [6.07, 6.45) is 1.07. The molecule has 0 saturated heterocycles. The molecule has 2 atom stereocenters. The Hall–Kier alpha value is -3.10. The van der Waals surface area contributed by atoms with Crippen LogP contribution in [0.15, 0.2) is 115 Å². The molecule has 4 aromatic carbocycles. The highest BCUT2D eigenvalue weighted by molar-refractivity contribution is 9.09. The van der Waals surface area contributed by atoms with Crippen LogP contribution in [0.2, 0.25) is 0 Å². The number of benzene rings is 4. The normalized spacial score (nSPS) is 17.8. The van der Waals surface area contributed by atoms with E-state index in [4.69, 9.17) is 0 Å². The Labute approximate surface area is 199 Å². The van der Waals surface area contributed by atoms with Crippen LogP contribution in [0.5, 0.6) is 0 Å². The second kappa shape index (κ2) is 8.80. The molecule has 0 fully saturated rings. The maximum absolute atomic E-state index is 4.53. The molecule has 0 aliphatic carbocycles. The van der Waals surface area contributed by atoms with E-state index in [1.54, 1.807) is 0 Å². The van der Waals surface area contributed by atoms with Gasteiger partial charge in [-0.3, -0.25) is 0 Å². The zero-order chi connectivity index (χ0) is 22.1. The van der Waals surface area contributed by atoms with Crippen molar-refractivity contribution in [2.75, 3.05) is 4.90 Å². The third kappa shape index (κ3) is 3.69. The van der Waals surface area contributed by atoms with Gasteiger partial charge in [-0.05, 0) is 58.5 Å². The first kappa shape index (κ1) is 20.8. The van der Waals surface area contributed by atoms with Crippen LogP contribution >= 0.6 is 15.9 Å². The van der Waals surface area contributed by atoms with Crippen LogP contribution in [0, 0.1) is 0 Å². The summed E-state index contributed by atoms with van der Waals surface area (Å²) in [5.74, 6) is 0.417. The third-order valence-corrected chi connectivity index (χ3v) is 7.53. The van der Waals surface area contributed by atoms with Crippen LogP contribution in [0.25, 0.3) is 22.3 Å². The lowest BCUT2D eigenvalue weighted by Crippen LogP contribution is -2.32. The van der Waals surface area contributed by atoms with Gasteiger partial charge in [-0.15, -0.1) is 0 Å². The van der Waals surface area contributed by atoms with Crippen molar-refractivity contribution in [2.45, 2.75) is 24.1 Å². The molecule has 0 bridgehead atoms. The van der Waals surface area contributed by atoms with E-state index >= 15 is 0 Å². The molecular weight excluding hydrogens is 454 g/mol. The molecule has 1 aliphatic rings. The monoisotopic (exact) mass is 479 g/mol. The quantitative estimate of drug-likeness (QED) is 0.264. The van der Waals surface area contributed by atoms with E-state index in [1.165, 1.54) is 33.5 Å². The van der Waals surface area contributed by atoms with Gasteiger partial charge in [0.15, 0.2) is 0 Å². The molecule has 0 saturated carbocycles. The molecule has 1 unspecified atom stereocenters. The average Bonchev–Trinajstić information content (AvgIpc) is 2.86. The number of hydrogen-bond acceptors (Lipinski definition) is 1. The first-order valence-corrected chi connectivity index (χ1v) is 12.1. The summed E-state index contributed by atoms with van der Waals surface area (Å²) in [7, 11) is 0. The number of allylic oxidation sites excluding steroid dienone is 1. The van der Waals surface area contributed by atoms with Gasteiger partial charge in [0.1, 0.15) is 0 Å². The molecule has 0 N–H and O–H groups in total. The number of anilines is 2. The number of fused-ring (bicyclic) bond motifs is 1. The average molecular weight is 480 g/mol. The zero-order valence-corrected chi connectivity index (χ0v) is 19.8. The van der Waals surface area contributed by atoms with Gasteiger partial charge in [0.2, 0.25) is 0 Å². The summed E-state index contributed by atoms with van der Waals surface area (Å²) in [5.41, 5.74) is 9.65. The fraction of sp³-hybridized carbons (Fsp3) is 0.133. The topological polar surface area (TPSA) is 3.24 Å². The highest BCUT2D eigenvalue weighted by Gasteiger charge is 2.34. The number of para-hydroxylation sites is 1. The van der Waals surface area contributed by atoms with Gasteiger partial charge in [-0.1, -0.05) is 108 Å². The summed E-state index contributed by atoms with van der Waals surface area (Å²) >= 11 is 3.97. The summed E-state index contributed by atoms with van der Waals surface area (Å²) in [4.78, 5) is 2.53. The Morgan fingerprint density at radius 1 is 0.719 bits per heavy atom. The molecule has 0 spiro atoms. The minimum atomic E-state index is 0.197. The molecule has 5 rings (SSSR count). The Kier molecular flexibility index (Phi) is 5.71. The second-order valence-electron chi connectivity index (χ2n) is 8.30. The maximum atomic E-state index is 4.53. The van der Waals surface area contributed by atoms with E-state index in [-0.39, 0.29) is 4.83 Å². The van der Waals surface area contributed by atoms with Gasteiger partial charge in [-0.25, -0.2) is 0 Å². The summed E-state index contributed by atoms with van der Waals surface area (Å²) < 4.78 is 0. The minimum Gasteiger partial charge on any atom is -0.313 e. The van der Waals surface area contributed by atoms with Gasteiger partial charge in [0, 0.05) is 23.0 Å². The smallest absolute Gasteiger partial charge is 0.0615 e. The lowest BCUT2D eigenvalue weighted by atomic mass is 9.85. The molecule has 32 heavy (non-hydrogen) atoms.